The first kappa shape index (κ1) is 18.4. The molecule has 1 aromatic heterocycles. The predicted octanol–water partition coefficient (Wildman–Crippen LogP) is 2.70. The number of hydrogen-bond acceptors (Lipinski definition) is 5. The molecule has 3 rings (SSSR count). The third-order valence-electron chi connectivity index (χ3n) is 4.12. The molecule has 9 heteroatoms. The summed E-state index contributed by atoms with van der Waals surface area (Å²) in [7, 11) is 0. The molecule has 0 bridgehead atoms. The van der Waals surface area contributed by atoms with Crippen molar-refractivity contribution in [2.75, 3.05) is 36.4 Å². The van der Waals surface area contributed by atoms with Crippen LogP contribution in [-0.2, 0) is 4.79 Å². The molecule has 2 heterocycles. The number of nitrogens with one attached hydrogen (secondary N) is 1. The second kappa shape index (κ2) is 7.88. The molecule has 7 nitrogen and oxygen atoms in total. The smallest absolute Gasteiger partial charge is 0.275 e. The minimum Gasteiger partial charge on any atom is -0.352 e. The molecule has 0 unspecified atom stereocenters. The van der Waals surface area contributed by atoms with Gasteiger partial charge in [-0.2, -0.15) is 0 Å². The van der Waals surface area contributed by atoms with E-state index in [4.69, 9.17) is 23.2 Å². The maximum Gasteiger partial charge on any atom is 0.275 e. The lowest BCUT2D eigenvalue weighted by atomic mass is 10.3. The van der Waals surface area contributed by atoms with E-state index in [-0.39, 0.29) is 16.6 Å². The van der Waals surface area contributed by atoms with Crippen molar-refractivity contribution < 1.29 is 9.59 Å². The summed E-state index contributed by atoms with van der Waals surface area (Å²) in [6, 6.07) is 4.99. The first-order valence-electron chi connectivity index (χ1n) is 8.03. The summed E-state index contributed by atoms with van der Waals surface area (Å²) in [6.07, 6.45) is 2.97. The Morgan fingerprint density at radius 3 is 2.42 bits per heavy atom. The monoisotopic (exact) mass is 393 g/mol. The van der Waals surface area contributed by atoms with Gasteiger partial charge in [0.25, 0.3) is 5.91 Å². The average Bonchev–Trinajstić information content (AvgIpc) is 2.65. The molecule has 136 valence electrons. The second-order valence-corrected chi connectivity index (χ2v) is 6.59. The van der Waals surface area contributed by atoms with Crippen molar-refractivity contribution in [3.63, 3.8) is 0 Å². The number of carbonyl (C=O) groups is 2. The normalized spacial score (nSPS) is 14.3. The van der Waals surface area contributed by atoms with Gasteiger partial charge in [0.2, 0.25) is 5.91 Å². The van der Waals surface area contributed by atoms with E-state index in [1.54, 1.807) is 36.2 Å². The number of benzene rings is 1. The van der Waals surface area contributed by atoms with Crippen LogP contribution in [0.2, 0.25) is 10.0 Å². The van der Waals surface area contributed by atoms with Gasteiger partial charge in [0.15, 0.2) is 0 Å². The quantitative estimate of drug-likeness (QED) is 0.866. The number of nitrogens with zero attached hydrogens (tertiary/aromatic N) is 4. The van der Waals surface area contributed by atoms with Gasteiger partial charge in [0.05, 0.1) is 28.1 Å². The van der Waals surface area contributed by atoms with E-state index < -0.39 is 5.91 Å². The van der Waals surface area contributed by atoms with Gasteiger partial charge in [-0.1, -0.05) is 29.3 Å². The molecule has 0 spiro atoms. The van der Waals surface area contributed by atoms with Crippen molar-refractivity contribution in [1.29, 1.82) is 0 Å². The molecule has 1 aliphatic rings. The van der Waals surface area contributed by atoms with Crippen LogP contribution in [0, 0.1) is 0 Å². The molecule has 2 amide bonds. The van der Waals surface area contributed by atoms with Crippen LogP contribution in [0.5, 0.6) is 0 Å². The van der Waals surface area contributed by atoms with E-state index in [0.717, 1.165) is 0 Å². The van der Waals surface area contributed by atoms with Crippen LogP contribution >= 0.6 is 23.2 Å². The summed E-state index contributed by atoms with van der Waals surface area (Å²) in [5, 5.41) is 3.30. The summed E-state index contributed by atoms with van der Waals surface area (Å²) in [4.78, 5) is 36.0. The number of rotatable bonds is 3. The first-order valence-corrected chi connectivity index (χ1v) is 8.79. The third-order valence-corrected chi connectivity index (χ3v) is 4.94. The molecule has 0 atom stereocenters. The summed E-state index contributed by atoms with van der Waals surface area (Å²) < 4.78 is 0. The number of anilines is 2. The number of carbonyl (C=O) groups excluding carboxylic acids is 2. The Hall–Kier alpha value is -2.38. The zero-order valence-electron chi connectivity index (χ0n) is 14.1. The van der Waals surface area contributed by atoms with Crippen molar-refractivity contribution in [3.05, 3.63) is 46.3 Å². The molecule has 0 saturated carbocycles. The van der Waals surface area contributed by atoms with Crippen LogP contribution in [0.3, 0.4) is 0 Å². The van der Waals surface area contributed by atoms with Crippen LogP contribution in [0.25, 0.3) is 0 Å². The van der Waals surface area contributed by atoms with E-state index >= 15 is 0 Å². The zero-order chi connectivity index (χ0) is 18.7. The van der Waals surface area contributed by atoms with Crippen LogP contribution in [0.15, 0.2) is 30.6 Å². The lowest BCUT2D eigenvalue weighted by Gasteiger charge is -2.34. The number of hydrogen-bond donors (Lipinski definition) is 1. The third kappa shape index (κ3) is 4.05. The molecule has 1 N–H and O–H groups in total. The molecule has 0 aliphatic carbocycles. The van der Waals surface area contributed by atoms with Crippen LogP contribution in [0.4, 0.5) is 11.5 Å². The Kier molecular flexibility index (Phi) is 5.58. The molecule has 0 radical (unpaired) electrons. The maximum atomic E-state index is 12.3. The van der Waals surface area contributed by atoms with Gasteiger partial charge in [0.1, 0.15) is 11.5 Å². The van der Waals surface area contributed by atoms with Crippen molar-refractivity contribution in [1.82, 2.24) is 14.9 Å². The fourth-order valence-corrected chi connectivity index (χ4v) is 2.99. The highest BCUT2D eigenvalue weighted by Crippen LogP contribution is 2.29. The standard InChI is InChI=1S/C17H17Cl2N5O2/c1-11(25)23-5-7-24(8-6-23)15-10-20-14(9-21-15)17(26)22-13-4-2-3-12(18)16(13)19/h2-4,9-10H,5-8H2,1H3,(H,22,26). The van der Waals surface area contributed by atoms with Gasteiger partial charge in [-0.25, -0.2) is 9.97 Å². The molecular weight excluding hydrogens is 377 g/mol. The molecule has 1 aromatic carbocycles. The van der Waals surface area contributed by atoms with Gasteiger partial charge >= 0.3 is 0 Å². The van der Waals surface area contributed by atoms with Crippen molar-refractivity contribution >= 4 is 46.5 Å². The average molecular weight is 394 g/mol. The van der Waals surface area contributed by atoms with Crippen LogP contribution in [-0.4, -0.2) is 52.9 Å². The minimum absolute atomic E-state index is 0.0717. The van der Waals surface area contributed by atoms with Gasteiger partial charge < -0.3 is 15.1 Å². The van der Waals surface area contributed by atoms with E-state index in [1.165, 1.54) is 6.20 Å². The molecule has 1 saturated heterocycles. The largest absolute Gasteiger partial charge is 0.352 e. The number of amides is 2. The fraction of sp³-hybridized carbons (Fsp3) is 0.294. The molecular formula is C17H17Cl2N5O2. The highest BCUT2D eigenvalue weighted by Gasteiger charge is 2.20. The highest BCUT2D eigenvalue weighted by molar-refractivity contribution is 6.44. The molecule has 2 aromatic rings. The summed E-state index contributed by atoms with van der Waals surface area (Å²) in [5.41, 5.74) is 0.586. The first-order chi connectivity index (χ1) is 12.5. The van der Waals surface area contributed by atoms with Gasteiger partial charge in [-0.3, -0.25) is 9.59 Å². The molecule has 1 aliphatic heterocycles. The fourth-order valence-electron chi connectivity index (χ4n) is 2.64. The Bertz CT molecular complexity index is 820. The van der Waals surface area contributed by atoms with Crippen molar-refractivity contribution in [2.45, 2.75) is 6.92 Å². The summed E-state index contributed by atoms with van der Waals surface area (Å²) in [6.45, 7) is 4.21. The van der Waals surface area contributed by atoms with Crippen LogP contribution < -0.4 is 10.2 Å². The zero-order valence-corrected chi connectivity index (χ0v) is 15.6. The van der Waals surface area contributed by atoms with Crippen molar-refractivity contribution in [2.24, 2.45) is 0 Å². The maximum absolute atomic E-state index is 12.3. The number of piperazine rings is 1. The Morgan fingerprint density at radius 1 is 1.08 bits per heavy atom. The highest BCUT2D eigenvalue weighted by atomic mass is 35.5. The lowest BCUT2D eigenvalue weighted by Crippen LogP contribution is -2.48. The number of aromatic nitrogens is 2. The van der Waals surface area contributed by atoms with Gasteiger partial charge in [-0.05, 0) is 12.1 Å². The van der Waals surface area contributed by atoms with Gasteiger partial charge in [-0.15, -0.1) is 0 Å². The Labute approximate surface area is 160 Å². The predicted molar refractivity (Wildman–Crippen MR) is 101 cm³/mol. The summed E-state index contributed by atoms with van der Waals surface area (Å²) >= 11 is 12.0. The van der Waals surface area contributed by atoms with E-state index in [2.05, 4.69) is 15.3 Å². The van der Waals surface area contributed by atoms with E-state index in [1.807, 2.05) is 4.90 Å². The molecule has 1 fully saturated rings. The summed E-state index contributed by atoms with van der Waals surface area (Å²) in [5.74, 6) is 0.322. The van der Waals surface area contributed by atoms with E-state index in [9.17, 15) is 9.59 Å². The van der Waals surface area contributed by atoms with Crippen LogP contribution in [0.1, 0.15) is 17.4 Å². The SMILES string of the molecule is CC(=O)N1CCN(c2cnc(C(=O)Nc3cccc(Cl)c3Cl)cn2)CC1. The van der Waals surface area contributed by atoms with E-state index in [0.29, 0.717) is 42.7 Å². The minimum atomic E-state index is -0.422. The van der Waals surface area contributed by atoms with Crippen molar-refractivity contribution in [3.8, 4) is 0 Å². The molecule has 26 heavy (non-hydrogen) atoms. The Balaban J connectivity index is 1.65. The van der Waals surface area contributed by atoms with Gasteiger partial charge in [0, 0.05) is 33.1 Å². The lowest BCUT2D eigenvalue weighted by molar-refractivity contribution is -0.129. The topological polar surface area (TPSA) is 78.4 Å². The Morgan fingerprint density at radius 2 is 1.81 bits per heavy atom. The number of halogens is 2. The second-order valence-electron chi connectivity index (χ2n) is 5.81.